The van der Waals surface area contributed by atoms with Crippen LogP contribution < -0.4 is 15.4 Å². The van der Waals surface area contributed by atoms with E-state index in [1.54, 1.807) is 30.3 Å². The van der Waals surface area contributed by atoms with Crippen molar-refractivity contribution < 1.29 is 32.0 Å². The van der Waals surface area contributed by atoms with Gasteiger partial charge in [-0.25, -0.2) is 8.42 Å². The number of nitrogens with zero attached hydrogens (tertiary/aromatic N) is 1. The van der Waals surface area contributed by atoms with Gasteiger partial charge < -0.3 is 19.8 Å². The zero-order chi connectivity index (χ0) is 28.2. The first-order valence-corrected chi connectivity index (χ1v) is 14.3. The summed E-state index contributed by atoms with van der Waals surface area (Å²) in [6.07, 6.45) is 0.996. The zero-order valence-corrected chi connectivity index (χ0v) is 23.0. The van der Waals surface area contributed by atoms with Crippen LogP contribution in [-0.2, 0) is 19.6 Å². The van der Waals surface area contributed by atoms with E-state index in [2.05, 4.69) is 10.6 Å². The lowest BCUT2D eigenvalue weighted by Crippen LogP contribution is -2.52. The summed E-state index contributed by atoms with van der Waals surface area (Å²) in [6.45, 7) is 3.61. The molecule has 1 aliphatic rings. The predicted octanol–water partition coefficient (Wildman–Crippen LogP) is 3.12. The van der Waals surface area contributed by atoms with Crippen LogP contribution in [0.3, 0.4) is 0 Å². The number of hydrogen-bond donors (Lipinski definition) is 2. The van der Waals surface area contributed by atoms with Crippen LogP contribution in [0.15, 0.2) is 63.9 Å². The fourth-order valence-corrected chi connectivity index (χ4v) is 6.04. The maximum absolute atomic E-state index is 13.3. The predicted molar refractivity (Wildman–Crippen MR) is 145 cm³/mol. The molecule has 1 fully saturated rings. The Balaban J connectivity index is 1.44. The molecule has 2 heterocycles. The van der Waals surface area contributed by atoms with Crippen molar-refractivity contribution in [3.63, 3.8) is 0 Å². The van der Waals surface area contributed by atoms with Crippen molar-refractivity contribution in [3.05, 3.63) is 60.4 Å². The molecule has 2 N–H and O–H groups in total. The van der Waals surface area contributed by atoms with Crippen LogP contribution in [0.4, 0.5) is 0 Å². The lowest BCUT2D eigenvalue weighted by atomic mass is 10.0. The summed E-state index contributed by atoms with van der Waals surface area (Å²) in [6, 6.07) is 13.1. The number of sulfonamides is 1. The minimum Gasteiger partial charge on any atom is -0.497 e. The molecule has 1 unspecified atom stereocenters. The Morgan fingerprint density at radius 1 is 1.13 bits per heavy atom. The van der Waals surface area contributed by atoms with Gasteiger partial charge in [0.2, 0.25) is 15.9 Å². The van der Waals surface area contributed by atoms with Crippen molar-refractivity contribution in [1.29, 1.82) is 0 Å². The molecule has 208 valence electrons. The maximum Gasteiger partial charge on any atom is 0.287 e. The van der Waals surface area contributed by atoms with Gasteiger partial charge in [0.15, 0.2) is 11.5 Å². The van der Waals surface area contributed by atoms with Crippen LogP contribution in [0, 0.1) is 5.92 Å². The van der Waals surface area contributed by atoms with E-state index in [4.69, 9.17) is 9.15 Å². The normalized spacial score (nSPS) is 17.5. The first-order valence-electron chi connectivity index (χ1n) is 12.8. The van der Waals surface area contributed by atoms with Crippen molar-refractivity contribution >= 4 is 38.6 Å². The molecule has 1 aliphatic heterocycles. The summed E-state index contributed by atoms with van der Waals surface area (Å²) in [5, 5.41) is 6.26. The SMILES string of the molecule is COc1cccc(S(=O)(=O)N2CCC[C@H](NC(=O)C(CC(C)C)NC(=O)c3cc4ccccc4o3)C(=O)C2)c1. The van der Waals surface area contributed by atoms with E-state index >= 15 is 0 Å². The van der Waals surface area contributed by atoms with Crippen molar-refractivity contribution in [3.8, 4) is 5.75 Å². The van der Waals surface area contributed by atoms with E-state index < -0.39 is 39.7 Å². The zero-order valence-electron chi connectivity index (χ0n) is 22.2. The molecular formula is C28H33N3O7S. The molecule has 0 saturated carbocycles. The molecule has 2 aromatic carbocycles. The highest BCUT2D eigenvalue weighted by atomic mass is 32.2. The standard InChI is InChI=1S/C28H33N3O7S/c1-18(2)14-23(30-28(34)26-15-19-8-4-5-12-25(19)38-26)27(33)29-22-11-7-13-31(17-24(22)32)39(35,36)21-10-6-9-20(16-21)37-3/h4-6,8-10,12,15-16,18,22-23H,7,11,13-14,17H2,1-3H3,(H,29,33)(H,30,34)/t22-,23?/m0/s1. The van der Waals surface area contributed by atoms with E-state index in [9.17, 15) is 22.8 Å². The number of amides is 2. The highest BCUT2D eigenvalue weighted by Crippen LogP contribution is 2.23. The summed E-state index contributed by atoms with van der Waals surface area (Å²) in [5.74, 6) is -0.903. The third-order valence-electron chi connectivity index (χ3n) is 6.59. The van der Waals surface area contributed by atoms with Crippen LogP contribution in [0.25, 0.3) is 11.0 Å². The monoisotopic (exact) mass is 555 g/mol. The summed E-state index contributed by atoms with van der Waals surface area (Å²) < 4.78 is 38.3. The topological polar surface area (TPSA) is 135 Å². The van der Waals surface area contributed by atoms with Gasteiger partial charge in [-0.05, 0) is 49.4 Å². The number of rotatable bonds is 9. The fraction of sp³-hybridized carbons (Fsp3) is 0.393. The van der Waals surface area contributed by atoms with Gasteiger partial charge >= 0.3 is 0 Å². The van der Waals surface area contributed by atoms with Gasteiger partial charge in [0.1, 0.15) is 17.4 Å². The van der Waals surface area contributed by atoms with Gasteiger partial charge in [-0.15, -0.1) is 0 Å². The van der Waals surface area contributed by atoms with E-state index in [-0.39, 0.29) is 36.1 Å². The first-order chi connectivity index (χ1) is 18.6. The average Bonchev–Trinajstić information content (AvgIpc) is 3.26. The van der Waals surface area contributed by atoms with Gasteiger partial charge in [-0.2, -0.15) is 4.31 Å². The van der Waals surface area contributed by atoms with Gasteiger partial charge in [-0.3, -0.25) is 14.4 Å². The van der Waals surface area contributed by atoms with Crippen molar-refractivity contribution in [2.45, 2.75) is 50.1 Å². The minimum atomic E-state index is -3.94. The number of furan rings is 1. The largest absolute Gasteiger partial charge is 0.497 e. The van der Waals surface area contributed by atoms with Crippen molar-refractivity contribution in [2.24, 2.45) is 5.92 Å². The molecule has 0 spiro atoms. The molecule has 2 amide bonds. The minimum absolute atomic E-state index is 0.0300. The lowest BCUT2D eigenvalue weighted by molar-refractivity contribution is -0.129. The van der Waals surface area contributed by atoms with Crippen LogP contribution in [-0.4, -0.2) is 62.6 Å². The van der Waals surface area contributed by atoms with Gasteiger partial charge in [0, 0.05) is 18.0 Å². The van der Waals surface area contributed by atoms with Gasteiger partial charge in [0.05, 0.1) is 24.6 Å². The molecule has 11 heteroatoms. The number of carbonyl (C=O) groups excluding carboxylic acids is 3. The number of nitrogens with one attached hydrogen (secondary N) is 2. The van der Waals surface area contributed by atoms with Crippen LogP contribution >= 0.6 is 0 Å². The number of ketones is 1. The molecule has 0 radical (unpaired) electrons. The summed E-state index contributed by atoms with van der Waals surface area (Å²) in [5.41, 5.74) is 0.560. The lowest BCUT2D eigenvalue weighted by Gasteiger charge is -2.23. The third kappa shape index (κ3) is 6.66. The first kappa shape index (κ1) is 28.3. The number of para-hydroxylation sites is 1. The van der Waals surface area contributed by atoms with E-state index in [0.717, 1.165) is 9.69 Å². The van der Waals surface area contributed by atoms with Crippen molar-refractivity contribution in [1.82, 2.24) is 14.9 Å². The molecule has 3 aromatic rings. The molecule has 0 aliphatic carbocycles. The summed E-state index contributed by atoms with van der Waals surface area (Å²) in [4.78, 5) is 39.3. The Kier molecular flexibility index (Phi) is 8.71. The molecule has 0 bridgehead atoms. The van der Waals surface area contributed by atoms with Crippen LogP contribution in [0.1, 0.15) is 43.7 Å². The maximum atomic E-state index is 13.3. The second-order valence-electron chi connectivity index (χ2n) is 9.99. The third-order valence-corrected chi connectivity index (χ3v) is 8.44. The summed E-state index contributed by atoms with van der Waals surface area (Å²) >= 11 is 0. The van der Waals surface area contributed by atoms with E-state index in [1.807, 2.05) is 26.0 Å². The number of benzene rings is 2. The van der Waals surface area contributed by atoms with E-state index in [0.29, 0.717) is 24.2 Å². The number of fused-ring (bicyclic) bond motifs is 1. The fourth-order valence-electron chi connectivity index (χ4n) is 4.56. The molecule has 4 rings (SSSR count). The van der Waals surface area contributed by atoms with Crippen LogP contribution in [0.2, 0.25) is 0 Å². The molecule has 39 heavy (non-hydrogen) atoms. The molecule has 2 atom stereocenters. The van der Waals surface area contributed by atoms with Gasteiger partial charge in [0.25, 0.3) is 5.91 Å². The highest BCUT2D eigenvalue weighted by Gasteiger charge is 2.34. The Morgan fingerprint density at radius 2 is 1.90 bits per heavy atom. The molecule has 1 saturated heterocycles. The van der Waals surface area contributed by atoms with Crippen molar-refractivity contribution in [2.75, 3.05) is 20.2 Å². The smallest absolute Gasteiger partial charge is 0.287 e. The summed E-state index contributed by atoms with van der Waals surface area (Å²) in [7, 11) is -2.50. The number of hydrogen-bond acceptors (Lipinski definition) is 7. The Hall–Kier alpha value is -3.70. The number of Topliss-reactive ketones (excluding diaryl/α,β-unsaturated/α-hetero) is 1. The number of methoxy groups -OCH3 is 1. The Labute approximate surface area is 227 Å². The number of ether oxygens (including phenoxy) is 1. The molecule has 10 nitrogen and oxygen atoms in total. The quantitative estimate of drug-likeness (QED) is 0.414. The average molecular weight is 556 g/mol. The number of carbonyl (C=O) groups is 3. The van der Waals surface area contributed by atoms with E-state index in [1.165, 1.54) is 19.2 Å². The molecular weight excluding hydrogens is 522 g/mol. The second kappa shape index (κ2) is 12.0. The Morgan fingerprint density at radius 3 is 2.62 bits per heavy atom. The van der Waals surface area contributed by atoms with Crippen LogP contribution in [0.5, 0.6) is 5.75 Å². The Bertz CT molecular complexity index is 1430. The molecule has 1 aromatic heterocycles. The van der Waals surface area contributed by atoms with Gasteiger partial charge in [-0.1, -0.05) is 38.1 Å². The highest BCUT2D eigenvalue weighted by molar-refractivity contribution is 7.89. The second-order valence-corrected chi connectivity index (χ2v) is 11.9.